The zero-order valence-electron chi connectivity index (χ0n) is 11.0. The summed E-state index contributed by atoms with van der Waals surface area (Å²) in [5.74, 6) is 6.32. The Labute approximate surface area is 124 Å². The van der Waals surface area contributed by atoms with Crippen LogP contribution in [-0.2, 0) is 11.2 Å². The Morgan fingerprint density at radius 1 is 1.37 bits per heavy atom. The predicted molar refractivity (Wildman–Crippen MR) is 79.4 cm³/mol. The van der Waals surface area contributed by atoms with Crippen LogP contribution in [0, 0.1) is 5.92 Å². The molecule has 0 saturated heterocycles. The third-order valence-corrected chi connectivity index (χ3v) is 4.24. The summed E-state index contributed by atoms with van der Waals surface area (Å²) >= 11 is 12.0. The standard InChI is InChI=1S/C14H20Cl2N2O/c1-2-19-14(10-4-5-10)13(18-17)8-9-3-6-11(15)12(16)7-9/h3,6-7,10,13-14,18H,2,4-5,8,17H2,1H3. The molecule has 1 saturated carbocycles. The van der Waals surface area contributed by atoms with Crippen LogP contribution in [0.3, 0.4) is 0 Å². The maximum Gasteiger partial charge on any atom is 0.0772 e. The smallest absolute Gasteiger partial charge is 0.0772 e. The zero-order valence-corrected chi connectivity index (χ0v) is 12.5. The molecule has 0 aliphatic heterocycles. The number of benzene rings is 1. The molecule has 0 bridgehead atoms. The number of rotatable bonds is 7. The molecule has 0 heterocycles. The second-order valence-electron chi connectivity index (χ2n) is 4.98. The lowest BCUT2D eigenvalue weighted by atomic mass is 9.98. The normalized spacial score (nSPS) is 18.3. The van der Waals surface area contributed by atoms with Crippen LogP contribution >= 0.6 is 23.2 Å². The minimum atomic E-state index is 0.102. The summed E-state index contributed by atoms with van der Waals surface area (Å²) in [5.41, 5.74) is 4.00. The topological polar surface area (TPSA) is 47.3 Å². The summed E-state index contributed by atoms with van der Waals surface area (Å²) in [7, 11) is 0. The van der Waals surface area contributed by atoms with Gasteiger partial charge in [-0.25, -0.2) is 0 Å². The van der Waals surface area contributed by atoms with Crippen molar-refractivity contribution < 1.29 is 4.74 Å². The van der Waals surface area contributed by atoms with Gasteiger partial charge in [-0.2, -0.15) is 0 Å². The third kappa shape index (κ3) is 4.07. The summed E-state index contributed by atoms with van der Waals surface area (Å²) in [6, 6.07) is 5.79. The highest BCUT2D eigenvalue weighted by molar-refractivity contribution is 6.42. The molecule has 0 spiro atoms. The van der Waals surface area contributed by atoms with Gasteiger partial charge in [-0.05, 0) is 49.8 Å². The predicted octanol–water partition coefficient (Wildman–Crippen LogP) is 3.18. The minimum Gasteiger partial charge on any atom is -0.377 e. The van der Waals surface area contributed by atoms with Crippen molar-refractivity contribution in [3.05, 3.63) is 33.8 Å². The lowest BCUT2D eigenvalue weighted by Crippen LogP contribution is -2.47. The molecule has 0 radical (unpaired) electrons. The fourth-order valence-corrected chi connectivity index (χ4v) is 2.71. The van der Waals surface area contributed by atoms with Crippen LogP contribution < -0.4 is 11.3 Å². The molecule has 106 valence electrons. The molecule has 0 aromatic heterocycles. The first-order valence-electron chi connectivity index (χ1n) is 6.67. The van der Waals surface area contributed by atoms with Gasteiger partial charge in [0.1, 0.15) is 0 Å². The van der Waals surface area contributed by atoms with Crippen molar-refractivity contribution in [1.82, 2.24) is 5.43 Å². The van der Waals surface area contributed by atoms with E-state index in [4.69, 9.17) is 33.8 Å². The number of nitrogens with one attached hydrogen (secondary N) is 1. The number of halogens is 2. The van der Waals surface area contributed by atoms with E-state index in [9.17, 15) is 0 Å². The highest BCUT2D eigenvalue weighted by Crippen LogP contribution is 2.36. The molecule has 1 fully saturated rings. The Kier molecular flexibility index (Phi) is 5.48. The highest BCUT2D eigenvalue weighted by atomic mass is 35.5. The second-order valence-corrected chi connectivity index (χ2v) is 5.80. The van der Waals surface area contributed by atoms with Gasteiger partial charge in [-0.15, -0.1) is 0 Å². The summed E-state index contributed by atoms with van der Waals surface area (Å²) in [5, 5.41) is 1.15. The van der Waals surface area contributed by atoms with Crippen LogP contribution in [0.4, 0.5) is 0 Å². The second kappa shape index (κ2) is 6.91. The maximum absolute atomic E-state index is 6.04. The van der Waals surface area contributed by atoms with E-state index < -0.39 is 0 Å². The van der Waals surface area contributed by atoms with Gasteiger partial charge in [0.05, 0.1) is 22.2 Å². The molecule has 5 heteroatoms. The molecule has 3 nitrogen and oxygen atoms in total. The fraction of sp³-hybridized carbons (Fsp3) is 0.571. The van der Waals surface area contributed by atoms with Crippen LogP contribution in [0.15, 0.2) is 18.2 Å². The Balaban J connectivity index is 2.06. The molecule has 1 aromatic rings. The molecule has 3 N–H and O–H groups in total. The van der Waals surface area contributed by atoms with Crippen molar-refractivity contribution >= 4 is 23.2 Å². The van der Waals surface area contributed by atoms with Crippen molar-refractivity contribution in [2.75, 3.05) is 6.61 Å². The largest absolute Gasteiger partial charge is 0.377 e. The van der Waals surface area contributed by atoms with Gasteiger partial charge in [0.25, 0.3) is 0 Å². The quantitative estimate of drug-likeness (QED) is 0.601. The van der Waals surface area contributed by atoms with Crippen LogP contribution in [0.2, 0.25) is 10.0 Å². The van der Waals surface area contributed by atoms with Crippen molar-refractivity contribution in [3.63, 3.8) is 0 Å². The zero-order chi connectivity index (χ0) is 13.8. The van der Waals surface area contributed by atoms with Gasteiger partial charge < -0.3 is 4.74 Å². The van der Waals surface area contributed by atoms with Gasteiger partial charge in [0, 0.05) is 6.61 Å². The number of hydrogen-bond acceptors (Lipinski definition) is 3. The first-order chi connectivity index (χ1) is 9.15. The Hall–Kier alpha value is -0.320. The lowest BCUT2D eigenvalue weighted by Gasteiger charge is -2.26. The molecule has 2 atom stereocenters. The fourth-order valence-electron chi connectivity index (χ4n) is 2.39. The van der Waals surface area contributed by atoms with E-state index in [2.05, 4.69) is 5.43 Å². The molecule has 0 amide bonds. The average Bonchev–Trinajstić information content (AvgIpc) is 3.22. The van der Waals surface area contributed by atoms with Crippen molar-refractivity contribution in [3.8, 4) is 0 Å². The Bertz CT molecular complexity index is 424. The van der Waals surface area contributed by atoms with Crippen LogP contribution in [0.1, 0.15) is 25.3 Å². The summed E-state index contributed by atoms with van der Waals surface area (Å²) in [4.78, 5) is 0. The first-order valence-corrected chi connectivity index (χ1v) is 7.43. The first kappa shape index (κ1) is 15.1. The highest BCUT2D eigenvalue weighted by Gasteiger charge is 2.36. The van der Waals surface area contributed by atoms with Gasteiger partial charge in [0.15, 0.2) is 0 Å². The van der Waals surface area contributed by atoms with Gasteiger partial charge in [-0.3, -0.25) is 11.3 Å². The van der Waals surface area contributed by atoms with E-state index in [0.29, 0.717) is 22.6 Å². The molecule has 1 aromatic carbocycles. The van der Waals surface area contributed by atoms with Gasteiger partial charge in [0.2, 0.25) is 0 Å². The van der Waals surface area contributed by atoms with Crippen LogP contribution in [0.25, 0.3) is 0 Å². The molecular formula is C14H20Cl2N2O. The van der Waals surface area contributed by atoms with Gasteiger partial charge >= 0.3 is 0 Å². The SMILES string of the molecule is CCOC(C1CC1)C(Cc1ccc(Cl)c(Cl)c1)NN. The van der Waals surface area contributed by atoms with Crippen molar-refractivity contribution in [1.29, 1.82) is 0 Å². The Morgan fingerprint density at radius 2 is 2.11 bits per heavy atom. The molecule has 2 rings (SSSR count). The molecular weight excluding hydrogens is 283 g/mol. The monoisotopic (exact) mass is 302 g/mol. The number of ether oxygens (including phenoxy) is 1. The van der Waals surface area contributed by atoms with Crippen LogP contribution in [0.5, 0.6) is 0 Å². The van der Waals surface area contributed by atoms with E-state index >= 15 is 0 Å². The number of nitrogens with two attached hydrogens (primary N) is 1. The van der Waals surface area contributed by atoms with Crippen LogP contribution in [-0.4, -0.2) is 18.8 Å². The minimum absolute atomic E-state index is 0.102. The lowest BCUT2D eigenvalue weighted by molar-refractivity contribution is 0.0192. The Morgan fingerprint density at radius 3 is 2.63 bits per heavy atom. The van der Waals surface area contributed by atoms with Gasteiger partial charge in [-0.1, -0.05) is 29.3 Å². The van der Waals surface area contributed by atoms with E-state index in [-0.39, 0.29) is 12.1 Å². The number of hydrazine groups is 1. The molecule has 2 unspecified atom stereocenters. The van der Waals surface area contributed by atoms with Crippen molar-refractivity contribution in [2.45, 2.75) is 38.3 Å². The summed E-state index contributed by atoms with van der Waals surface area (Å²) < 4.78 is 5.84. The summed E-state index contributed by atoms with van der Waals surface area (Å²) in [6.45, 7) is 2.73. The maximum atomic E-state index is 6.04. The van der Waals surface area contributed by atoms with E-state index in [1.807, 2.05) is 25.1 Å². The van der Waals surface area contributed by atoms with E-state index in [1.165, 1.54) is 12.8 Å². The van der Waals surface area contributed by atoms with E-state index in [0.717, 1.165) is 12.0 Å². The molecule has 1 aliphatic carbocycles. The third-order valence-electron chi connectivity index (χ3n) is 3.50. The molecule has 1 aliphatic rings. The summed E-state index contributed by atoms with van der Waals surface area (Å²) in [6.07, 6.45) is 3.41. The molecule has 19 heavy (non-hydrogen) atoms. The van der Waals surface area contributed by atoms with E-state index in [1.54, 1.807) is 0 Å². The number of hydrogen-bond donors (Lipinski definition) is 2. The van der Waals surface area contributed by atoms with Crippen molar-refractivity contribution in [2.24, 2.45) is 11.8 Å². The average molecular weight is 303 g/mol.